The first-order chi connectivity index (χ1) is 6.75. The molecule has 0 amide bonds. The second-order valence-corrected chi connectivity index (χ2v) is 4.89. The Morgan fingerprint density at radius 2 is 2.14 bits per heavy atom. The van der Waals surface area contributed by atoms with Gasteiger partial charge in [0.1, 0.15) is 0 Å². The van der Waals surface area contributed by atoms with E-state index in [1.54, 1.807) is 0 Å². The molecule has 2 saturated carbocycles. The molecule has 0 bridgehead atoms. The molecule has 76 valence electrons. The van der Waals surface area contributed by atoms with Crippen LogP contribution < -0.4 is 5.73 Å². The van der Waals surface area contributed by atoms with Gasteiger partial charge in [-0.2, -0.15) is 5.10 Å². The van der Waals surface area contributed by atoms with Gasteiger partial charge in [0, 0.05) is 19.3 Å². The molecule has 2 fully saturated rings. The summed E-state index contributed by atoms with van der Waals surface area (Å²) in [7, 11) is 1.98. The van der Waals surface area contributed by atoms with Crippen molar-refractivity contribution in [2.75, 3.05) is 0 Å². The third-order valence-corrected chi connectivity index (χ3v) is 3.99. The van der Waals surface area contributed by atoms with Crippen molar-refractivity contribution in [1.82, 2.24) is 9.78 Å². The average Bonchev–Trinajstić information content (AvgIpc) is 2.64. The molecule has 0 radical (unpaired) electrons. The molecule has 2 aliphatic carbocycles. The Kier molecular flexibility index (Phi) is 1.71. The van der Waals surface area contributed by atoms with Crippen LogP contribution in [0.3, 0.4) is 0 Å². The summed E-state index contributed by atoms with van der Waals surface area (Å²) in [4.78, 5) is 0. The fourth-order valence-electron chi connectivity index (χ4n) is 3.01. The summed E-state index contributed by atoms with van der Waals surface area (Å²) >= 11 is 0. The number of hydrogen-bond donors (Lipinski definition) is 1. The maximum absolute atomic E-state index is 6.27. The molecule has 3 nitrogen and oxygen atoms in total. The van der Waals surface area contributed by atoms with Crippen molar-refractivity contribution in [3.05, 3.63) is 18.0 Å². The Morgan fingerprint density at radius 1 is 1.43 bits per heavy atom. The van der Waals surface area contributed by atoms with Gasteiger partial charge in [-0.25, -0.2) is 0 Å². The van der Waals surface area contributed by atoms with E-state index in [4.69, 9.17) is 5.73 Å². The van der Waals surface area contributed by atoms with Crippen molar-refractivity contribution in [3.63, 3.8) is 0 Å². The van der Waals surface area contributed by atoms with Crippen molar-refractivity contribution in [2.24, 2.45) is 30.5 Å². The highest BCUT2D eigenvalue weighted by Crippen LogP contribution is 2.56. The highest BCUT2D eigenvalue weighted by Gasteiger charge is 2.47. The van der Waals surface area contributed by atoms with Gasteiger partial charge in [-0.05, 0) is 43.1 Å². The predicted molar refractivity (Wildman–Crippen MR) is 54.5 cm³/mol. The lowest BCUT2D eigenvalue weighted by Gasteiger charge is -2.20. The van der Waals surface area contributed by atoms with Crippen LogP contribution in [0.1, 0.15) is 31.0 Å². The summed E-state index contributed by atoms with van der Waals surface area (Å²) in [6, 6.07) is 2.25. The smallest absolute Gasteiger partial charge is 0.0550 e. The Labute approximate surface area is 84.3 Å². The Hall–Kier alpha value is -0.830. The monoisotopic (exact) mass is 191 g/mol. The van der Waals surface area contributed by atoms with E-state index in [0.717, 1.165) is 11.8 Å². The summed E-state index contributed by atoms with van der Waals surface area (Å²) in [5.41, 5.74) is 7.46. The van der Waals surface area contributed by atoms with Crippen LogP contribution in [-0.2, 0) is 7.05 Å². The standard InChI is InChI=1S/C11H17N3/c1-14-10(2-3-13-14)11(12)9-5-7-4-8(7)6-9/h2-3,7-9,11H,4-6,12H2,1H3. The molecule has 2 N–H and O–H groups in total. The van der Waals surface area contributed by atoms with E-state index in [2.05, 4.69) is 11.2 Å². The fraction of sp³-hybridized carbons (Fsp3) is 0.727. The van der Waals surface area contributed by atoms with Gasteiger partial charge in [0.15, 0.2) is 0 Å². The topological polar surface area (TPSA) is 43.8 Å². The first-order valence-corrected chi connectivity index (χ1v) is 5.49. The van der Waals surface area contributed by atoms with Gasteiger partial charge in [0.05, 0.1) is 5.69 Å². The zero-order chi connectivity index (χ0) is 9.71. The molecule has 0 aliphatic heterocycles. The quantitative estimate of drug-likeness (QED) is 0.769. The molecule has 14 heavy (non-hydrogen) atoms. The van der Waals surface area contributed by atoms with Crippen molar-refractivity contribution >= 4 is 0 Å². The van der Waals surface area contributed by atoms with Gasteiger partial charge in [-0.1, -0.05) is 0 Å². The molecule has 1 aromatic heterocycles. The normalized spacial score (nSPS) is 36.9. The molecule has 2 aliphatic rings. The summed E-state index contributed by atoms with van der Waals surface area (Å²) in [6.07, 6.45) is 5.99. The van der Waals surface area contributed by atoms with Crippen LogP contribution in [-0.4, -0.2) is 9.78 Å². The van der Waals surface area contributed by atoms with E-state index >= 15 is 0 Å². The number of nitrogens with zero attached hydrogens (tertiary/aromatic N) is 2. The van der Waals surface area contributed by atoms with Crippen LogP contribution >= 0.6 is 0 Å². The highest BCUT2D eigenvalue weighted by molar-refractivity contribution is 5.10. The van der Waals surface area contributed by atoms with Crippen LogP contribution in [0.4, 0.5) is 0 Å². The maximum atomic E-state index is 6.27. The fourth-order valence-corrected chi connectivity index (χ4v) is 3.01. The van der Waals surface area contributed by atoms with E-state index in [1.165, 1.54) is 25.0 Å². The van der Waals surface area contributed by atoms with Crippen LogP contribution in [0.2, 0.25) is 0 Å². The molecule has 3 atom stereocenters. The maximum Gasteiger partial charge on any atom is 0.0550 e. The van der Waals surface area contributed by atoms with E-state index < -0.39 is 0 Å². The van der Waals surface area contributed by atoms with Crippen LogP contribution in [0, 0.1) is 17.8 Å². The second kappa shape index (κ2) is 2.83. The zero-order valence-corrected chi connectivity index (χ0v) is 8.56. The van der Waals surface area contributed by atoms with Crippen LogP contribution in [0.25, 0.3) is 0 Å². The first-order valence-electron chi connectivity index (χ1n) is 5.49. The van der Waals surface area contributed by atoms with Crippen molar-refractivity contribution in [3.8, 4) is 0 Å². The zero-order valence-electron chi connectivity index (χ0n) is 8.56. The van der Waals surface area contributed by atoms with Crippen LogP contribution in [0.5, 0.6) is 0 Å². The number of hydrogen-bond acceptors (Lipinski definition) is 2. The molecule has 1 heterocycles. The average molecular weight is 191 g/mol. The second-order valence-electron chi connectivity index (χ2n) is 4.89. The minimum Gasteiger partial charge on any atom is -0.322 e. The number of aromatic nitrogens is 2. The van der Waals surface area contributed by atoms with E-state index in [0.29, 0.717) is 5.92 Å². The largest absolute Gasteiger partial charge is 0.322 e. The number of nitrogens with two attached hydrogens (primary N) is 1. The molecule has 0 aromatic carbocycles. The van der Waals surface area contributed by atoms with Crippen LogP contribution in [0.15, 0.2) is 12.3 Å². The number of aryl methyl sites for hydroxylation is 1. The Bertz CT molecular complexity index is 334. The molecular weight excluding hydrogens is 174 g/mol. The summed E-state index contributed by atoms with van der Waals surface area (Å²) in [5.74, 6) is 2.73. The SMILES string of the molecule is Cn1nccc1C(N)C1CC2CC2C1. The van der Waals surface area contributed by atoms with Gasteiger partial charge in [0.25, 0.3) is 0 Å². The molecule has 1 aromatic rings. The van der Waals surface area contributed by atoms with Gasteiger partial charge in [-0.3, -0.25) is 4.68 Å². The Morgan fingerprint density at radius 3 is 2.71 bits per heavy atom. The molecule has 0 saturated heterocycles. The lowest BCUT2D eigenvalue weighted by atomic mass is 9.93. The van der Waals surface area contributed by atoms with E-state index in [1.807, 2.05) is 17.9 Å². The van der Waals surface area contributed by atoms with E-state index in [9.17, 15) is 0 Å². The molecule has 0 spiro atoms. The van der Waals surface area contributed by atoms with Gasteiger partial charge < -0.3 is 5.73 Å². The third kappa shape index (κ3) is 1.19. The summed E-state index contributed by atoms with van der Waals surface area (Å²) in [6.45, 7) is 0. The minimum absolute atomic E-state index is 0.204. The highest BCUT2D eigenvalue weighted by atomic mass is 15.3. The summed E-state index contributed by atoms with van der Waals surface area (Å²) in [5, 5.41) is 4.18. The predicted octanol–water partition coefficient (Wildman–Crippen LogP) is 1.47. The van der Waals surface area contributed by atoms with Gasteiger partial charge >= 0.3 is 0 Å². The van der Waals surface area contributed by atoms with Crippen molar-refractivity contribution in [1.29, 1.82) is 0 Å². The summed E-state index contributed by atoms with van der Waals surface area (Å²) < 4.78 is 1.91. The molecule has 3 rings (SSSR count). The molecule has 3 unspecified atom stereocenters. The lowest BCUT2D eigenvalue weighted by molar-refractivity contribution is 0.387. The molecule has 3 heteroatoms. The van der Waals surface area contributed by atoms with Gasteiger partial charge in [0.2, 0.25) is 0 Å². The van der Waals surface area contributed by atoms with Gasteiger partial charge in [-0.15, -0.1) is 0 Å². The Balaban J connectivity index is 1.76. The molecular formula is C11H17N3. The van der Waals surface area contributed by atoms with Crippen molar-refractivity contribution < 1.29 is 0 Å². The third-order valence-electron chi connectivity index (χ3n) is 3.99. The van der Waals surface area contributed by atoms with E-state index in [-0.39, 0.29) is 6.04 Å². The lowest BCUT2D eigenvalue weighted by Crippen LogP contribution is -2.23. The van der Waals surface area contributed by atoms with Crippen molar-refractivity contribution in [2.45, 2.75) is 25.3 Å². The number of fused-ring (bicyclic) bond motifs is 1. The minimum atomic E-state index is 0.204. The number of rotatable bonds is 2. The first kappa shape index (κ1) is 8.48.